The second kappa shape index (κ2) is 11.7. The standard InChI is InChI=1S/C23H26ClN5O3S/c1-4-15-8-6-7-9-17(15)25-21(30)13-20-27-28-23(29(20)5-2)33-14-22(31)26-18-12-16(24)10-11-19(18)32-3/h6-12H,4-5,13-14H2,1-3H3,(H,25,30)(H,26,31). The molecule has 0 unspecified atom stereocenters. The fourth-order valence-corrected chi connectivity index (χ4v) is 4.25. The van der Waals surface area contributed by atoms with Crippen LogP contribution in [0.15, 0.2) is 47.6 Å². The van der Waals surface area contributed by atoms with Crippen LogP contribution in [0.5, 0.6) is 5.75 Å². The highest BCUT2D eigenvalue weighted by Crippen LogP contribution is 2.28. The molecule has 0 saturated carbocycles. The molecule has 0 aliphatic carbocycles. The third kappa shape index (κ3) is 6.49. The predicted octanol–water partition coefficient (Wildman–Crippen LogP) is 4.43. The van der Waals surface area contributed by atoms with E-state index in [0.29, 0.717) is 34.0 Å². The van der Waals surface area contributed by atoms with Crippen molar-refractivity contribution in [3.63, 3.8) is 0 Å². The van der Waals surface area contributed by atoms with Crippen LogP contribution in [0.4, 0.5) is 11.4 Å². The number of halogens is 1. The second-order valence-electron chi connectivity index (χ2n) is 7.06. The van der Waals surface area contributed by atoms with E-state index < -0.39 is 0 Å². The Balaban J connectivity index is 1.61. The van der Waals surface area contributed by atoms with Crippen LogP contribution in [0.1, 0.15) is 25.2 Å². The van der Waals surface area contributed by atoms with Gasteiger partial charge in [-0.05, 0) is 43.2 Å². The van der Waals surface area contributed by atoms with Crippen LogP contribution >= 0.6 is 23.4 Å². The number of anilines is 2. The van der Waals surface area contributed by atoms with Gasteiger partial charge in [-0.3, -0.25) is 9.59 Å². The molecule has 1 heterocycles. The Labute approximate surface area is 202 Å². The molecule has 2 amide bonds. The molecule has 1 aromatic heterocycles. The number of hydrogen-bond donors (Lipinski definition) is 2. The zero-order valence-corrected chi connectivity index (χ0v) is 20.3. The van der Waals surface area contributed by atoms with Crippen LogP contribution < -0.4 is 15.4 Å². The second-order valence-corrected chi connectivity index (χ2v) is 8.44. The summed E-state index contributed by atoms with van der Waals surface area (Å²) in [5.41, 5.74) is 2.37. The van der Waals surface area contributed by atoms with Crippen molar-refractivity contribution in [3.05, 3.63) is 58.9 Å². The number of amides is 2. The number of nitrogens with zero attached hydrogens (tertiary/aromatic N) is 3. The average molecular weight is 488 g/mol. The minimum Gasteiger partial charge on any atom is -0.495 e. The molecule has 0 bridgehead atoms. The largest absolute Gasteiger partial charge is 0.495 e. The molecular weight excluding hydrogens is 462 g/mol. The van der Waals surface area contributed by atoms with Gasteiger partial charge in [0.15, 0.2) is 5.16 Å². The summed E-state index contributed by atoms with van der Waals surface area (Å²) < 4.78 is 7.09. The smallest absolute Gasteiger partial charge is 0.234 e. The number of aromatic nitrogens is 3. The zero-order valence-electron chi connectivity index (χ0n) is 18.7. The van der Waals surface area contributed by atoms with Crippen molar-refractivity contribution in [2.24, 2.45) is 0 Å². The van der Waals surface area contributed by atoms with Gasteiger partial charge in [0.05, 0.1) is 25.0 Å². The highest BCUT2D eigenvalue weighted by atomic mass is 35.5. The van der Waals surface area contributed by atoms with Gasteiger partial charge in [-0.2, -0.15) is 0 Å². The molecule has 0 saturated heterocycles. The van der Waals surface area contributed by atoms with Crippen molar-refractivity contribution in [1.82, 2.24) is 14.8 Å². The summed E-state index contributed by atoms with van der Waals surface area (Å²) in [7, 11) is 1.52. The Kier molecular flexibility index (Phi) is 8.73. The molecule has 0 spiro atoms. The molecule has 0 aliphatic rings. The van der Waals surface area contributed by atoms with Gasteiger partial charge >= 0.3 is 0 Å². The molecule has 174 valence electrons. The average Bonchev–Trinajstić information content (AvgIpc) is 3.19. The van der Waals surface area contributed by atoms with Gasteiger partial charge in [0.2, 0.25) is 11.8 Å². The van der Waals surface area contributed by atoms with Gasteiger partial charge in [-0.25, -0.2) is 0 Å². The van der Waals surface area contributed by atoms with E-state index >= 15 is 0 Å². The summed E-state index contributed by atoms with van der Waals surface area (Å²) in [6.45, 7) is 4.56. The first-order chi connectivity index (χ1) is 15.9. The number of aryl methyl sites for hydroxylation is 1. The molecule has 0 radical (unpaired) electrons. The molecule has 33 heavy (non-hydrogen) atoms. The molecule has 0 atom stereocenters. The summed E-state index contributed by atoms with van der Waals surface area (Å²) in [4.78, 5) is 25.1. The predicted molar refractivity (Wildman–Crippen MR) is 131 cm³/mol. The van der Waals surface area contributed by atoms with Gasteiger partial charge in [0, 0.05) is 17.3 Å². The van der Waals surface area contributed by atoms with Gasteiger partial charge in [-0.15, -0.1) is 10.2 Å². The lowest BCUT2D eigenvalue weighted by molar-refractivity contribution is -0.116. The van der Waals surface area contributed by atoms with Gasteiger partial charge in [-0.1, -0.05) is 48.5 Å². The molecule has 3 aromatic rings. The Bertz CT molecular complexity index is 1140. The quantitative estimate of drug-likeness (QED) is 0.410. The van der Waals surface area contributed by atoms with E-state index in [2.05, 4.69) is 20.8 Å². The lowest BCUT2D eigenvalue weighted by atomic mass is 10.1. The Morgan fingerprint density at radius 3 is 2.55 bits per heavy atom. The van der Waals surface area contributed by atoms with Crippen LogP contribution in [-0.4, -0.2) is 39.4 Å². The van der Waals surface area contributed by atoms with Crippen LogP contribution in [0.25, 0.3) is 0 Å². The zero-order chi connectivity index (χ0) is 23.8. The van der Waals surface area contributed by atoms with E-state index in [1.165, 1.54) is 18.9 Å². The highest BCUT2D eigenvalue weighted by Gasteiger charge is 2.17. The Morgan fingerprint density at radius 2 is 1.82 bits per heavy atom. The van der Waals surface area contributed by atoms with Gasteiger partial charge < -0.3 is 19.9 Å². The maximum absolute atomic E-state index is 12.6. The Hall–Kier alpha value is -3.04. The summed E-state index contributed by atoms with van der Waals surface area (Å²) in [5.74, 6) is 0.780. The number of rotatable bonds is 10. The molecule has 3 rings (SSSR count). The first-order valence-electron chi connectivity index (χ1n) is 10.5. The van der Waals surface area contributed by atoms with E-state index in [9.17, 15) is 9.59 Å². The molecule has 0 fully saturated rings. The summed E-state index contributed by atoms with van der Waals surface area (Å²) >= 11 is 7.26. The number of benzene rings is 2. The van der Waals surface area contributed by atoms with Crippen molar-refractivity contribution in [3.8, 4) is 5.75 Å². The number of thioether (sulfide) groups is 1. The minimum atomic E-state index is -0.235. The van der Waals surface area contributed by atoms with E-state index in [1.54, 1.807) is 18.2 Å². The summed E-state index contributed by atoms with van der Waals surface area (Å²) in [6, 6.07) is 12.7. The number of ether oxygens (including phenoxy) is 1. The number of hydrogen-bond acceptors (Lipinski definition) is 6. The van der Waals surface area contributed by atoms with Crippen LogP contribution in [-0.2, 0) is 29.0 Å². The number of methoxy groups -OCH3 is 1. The van der Waals surface area contributed by atoms with E-state index in [1.807, 2.05) is 42.7 Å². The highest BCUT2D eigenvalue weighted by molar-refractivity contribution is 7.99. The lowest BCUT2D eigenvalue weighted by Crippen LogP contribution is -2.18. The first-order valence-corrected chi connectivity index (χ1v) is 11.9. The first kappa shape index (κ1) is 24.6. The molecule has 10 heteroatoms. The van der Waals surface area contributed by atoms with Crippen LogP contribution in [0.3, 0.4) is 0 Å². The SMILES string of the molecule is CCc1ccccc1NC(=O)Cc1nnc(SCC(=O)Nc2cc(Cl)ccc2OC)n1CC. The van der Waals surface area contributed by atoms with Crippen molar-refractivity contribution in [2.75, 3.05) is 23.5 Å². The van der Waals surface area contributed by atoms with Crippen molar-refractivity contribution in [2.45, 2.75) is 38.4 Å². The van der Waals surface area contributed by atoms with Gasteiger partial charge in [0.1, 0.15) is 11.6 Å². The summed E-state index contributed by atoms with van der Waals surface area (Å²) in [5, 5.41) is 15.2. The van der Waals surface area contributed by atoms with E-state index in [-0.39, 0.29) is 24.0 Å². The van der Waals surface area contributed by atoms with Crippen LogP contribution in [0.2, 0.25) is 5.02 Å². The van der Waals surface area contributed by atoms with Crippen molar-refractivity contribution in [1.29, 1.82) is 0 Å². The van der Waals surface area contributed by atoms with Gasteiger partial charge in [0.25, 0.3) is 0 Å². The number of nitrogens with one attached hydrogen (secondary N) is 2. The number of carbonyl (C=O) groups is 2. The van der Waals surface area contributed by atoms with E-state index in [0.717, 1.165) is 17.7 Å². The number of carbonyl (C=O) groups excluding carboxylic acids is 2. The maximum Gasteiger partial charge on any atom is 0.234 e. The third-order valence-electron chi connectivity index (χ3n) is 4.87. The third-order valence-corrected chi connectivity index (χ3v) is 6.07. The summed E-state index contributed by atoms with van der Waals surface area (Å²) in [6.07, 6.45) is 0.914. The van der Waals surface area contributed by atoms with E-state index in [4.69, 9.17) is 16.3 Å². The molecular formula is C23H26ClN5O3S. The molecule has 2 N–H and O–H groups in total. The lowest BCUT2D eigenvalue weighted by Gasteiger charge is -2.11. The maximum atomic E-state index is 12.6. The number of para-hydroxylation sites is 1. The molecule has 8 nitrogen and oxygen atoms in total. The van der Waals surface area contributed by atoms with Crippen LogP contribution in [0, 0.1) is 0 Å². The normalized spacial score (nSPS) is 10.7. The molecule has 2 aromatic carbocycles. The fraction of sp³-hybridized carbons (Fsp3) is 0.304. The van der Waals surface area contributed by atoms with Crippen molar-refractivity contribution < 1.29 is 14.3 Å². The minimum absolute atomic E-state index is 0.0886. The monoisotopic (exact) mass is 487 g/mol. The topological polar surface area (TPSA) is 98.1 Å². The van der Waals surface area contributed by atoms with Crippen molar-refractivity contribution >= 4 is 46.6 Å². The fourth-order valence-electron chi connectivity index (χ4n) is 3.26. The molecule has 0 aliphatic heterocycles. The Morgan fingerprint density at radius 1 is 1.06 bits per heavy atom.